The molecule has 0 bridgehead atoms. The third-order valence-corrected chi connectivity index (χ3v) is 6.63. The first-order chi connectivity index (χ1) is 19.3. The summed E-state index contributed by atoms with van der Waals surface area (Å²) in [4.78, 5) is 20.7. The quantitative estimate of drug-likeness (QED) is 0.231. The van der Waals surface area contributed by atoms with Crippen LogP contribution in [0.25, 0.3) is 22.3 Å². The predicted octanol–water partition coefficient (Wildman–Crippen LogP) is 5.77. The molecule has 5 rings (SSSR count). The Balaban J connectivity index is 1.37. The number of carbonyl (C=O) groups is 1. The molecule has 0 spiro atoms. The number of benzene rings is 3. The van der Waals surface area contributed by atoms with Crippen molar-refractivity contribution < 1.29 is 28.9 Å². The Morgan fingerprint density at radius 2 is 1.82 bits per heavy atom. The number of aromatic hydroxyl groups is 1. The highest BCUT2D eigenvalue weighted by atomic mass is 19.1. The lowest BCUT2D eigenvalue weighted by Gasteiger charge is -2.11. The second-order valence-electron chi connectivity index (χ2n) is 9.45. The molecule has 2 N–H and O–H groups in total. The summed E-state index contributed by atoms with van der Waals surface area (Å²) >= 11 is 0. The smallest absolute Gasteiger partial charge is 0.335 e. The van der Waals surface area contributed by atoms with E-state index in [0.717, 1.165) is 5.56 Å². The molecule has 9 heteroatoms. The van der Waals surface area contributed by atoms with E-state index in [2.05, 4.69) is 4.98 Å². The van der Waals surface area contributed by atoms with Crippen LogP contribution in [0.4, 0.5) is 4.39 Å². The molecule has 0 aliphatic rings. The SMILES string of the molecule is COCCn1c(Cc2ccc(-c3cccc(OCc4ccc(C)cc4F)n3)cc2O)nc2ccc(C(=O)O)cc21. The lowest BCUT2D eigenvalue weighted by molar-refractivity contribution is 0.0697. The van der Waals surface area contributed by atoms with Crippen LogP contribution in [0, 0.1) is 12.7 Å². The number of halogens is 1. The summed E-state index contributed by atoms with van der Waals surface area (Å²) in [6, 6.07) is 20.4. The van der Waals surface area contributed by atoms with Gasteiger partial charge in [0.1, 0.15) is 24.0 Å². The Kier molecular flexibility index (Phi) is 7.75. The van der Waals surface area contributed by atoms with Crippen molar-refractivity contribution in [1.82, 2.24) is 14.5 Å². The van der Waals surface area contributed by atoms with Crippen molar-refractivity contribution in [1.29, 1.82) is 0 Å². The van der Waals surface area contributed by atoms with Gasteiger partial charge in [0.05, 0.1) is 28.9 Å². The first kappa shape index (κ1) is 26.8. The lowest BCUT2D eigenvalue weighted by Crippen LogP contribution is -2.09. The maximum absolute atomic E-state index is 14.2. The van der Waals surface area contributed by atoms with Gasteiger partial charge in [-0.1, -0.05) is 30.3 Å². The summed E-state index contributed by atoms with van der Waals surface area (Å²) in [6.45, 7) is 2.77. The molecule has 2 heterocycles. The highest BCUT2D eigenvalue weighted by Gasteiger charge is 2.16. The zero-order valence-corrected chi connectivity index (χ0v) is 22.1. The lowest BCUT2D eigenvalue weighted by atomic mass is 10.0. The normalized spacial score (nSPS) is 11.2. The molecule has 8 nitrogen and oxygen atoms in total. The fraction of sp³-hybridized carbons (Fsp3) is 0.194. The van der Waals surface area contributed by atoms with E-state index < -0.39 is 5.97 Å². The van der Waals surface area contributed by atoms with Crippen LogP contribution in [0.5, 0.6) is 11.6 Å². The number of aryl methyl sites for hydroxylation is 1. The van der Waals surface area contributed by atoms with Gasteiger partial charge in [-0.2, -0.15) is 0 Å². The van der Waals surface area contributed by atoms with Crippen molar-refractivity contribution in [3.63, 3.8) is 0 Å². The van der Waals surface area contributed by atoms with Gasteiger partial charge in [-0.15, -0.1) is 0 Å². The third kappa shape index (κ3) is 5.79. The number of fused-ring (bicyclic) bond motifs is 1. The molecule has 204 valence electrons. The zero-order chi connectivity index (χ0) is 28.2. The van der Waals surface area contributed by atoms with E-state index in [-0.39, 0.29) is 23.7 Å². The van der Waals surface area contributed by atoms with E-state index in [1.807, 2.05) is 29.7 Å². The Morgan fingerprint density at radius 1 is 1.00 bits per heavy atom. The molecule has 0 saturated heterocycles. The average molecular weight is 542 g/mol. The fourth-order valence-electron chi connectivity index (χ4n) is 4.49. The topological polar surface area (TPSA) is 107 Å². The van der Waals surface area contributed by atoms with Crippen molar-refractivity contribution in [2.45, 2.75) is 26.5 Å². The molecular weight excluding hydrogens is 513 g/mol. The number of methoxy groups -OCH3 is 1. The number of phenolic OH excluding ortho intramolecular Hbond substituents is 1. The molecule has 0 amide bonds. The van der Waals surface area contributed by atoms with E-state index in [9.17, 15) is 19.4 Å². The van der Waals surface area contributed by atoms with E-state index >= 15 is 0 Å². The number of aromatic nitrogens is 3. The van der Waals surface area contributed by atoms with E-state index in [1.165, 1.54) is 12.1 Å². The van der Waals surface area contributed by atoms with Crippen LogP contribution in [0.3, 0.4) is 0 Å². The number of carboxylic acid groups (broad SMARTS) is 1. The molecule has 0 fully saturated rings. The second kappa shape index (κ2) is 11.5. The van der Waals surface area contributed by atoms with Gasteiger partial charge in [0.25, 0.3) is 0 Å². The van der Waals surface area contributed by atoms with Crippen molar-refractivity contribution in [3.8, 4) is 22.9 Å². The molecule has 0 aliphatic heterocycles. The molecule has 2 aromatic heterocycles. The number of hydrogen-bond acceptors (Lipinski definition) is 6. The number of nitrogens with zero attached hydrogens (tertiary/aromatic N) is 3. The number of imidazole rings is 1. The highest BCUT2D eigenvalue weighted by molar-refractivity contribution is 5.92. The van der Waals surface area contributed by atoms with Crippen LogP contribution in [0.1, 0.15) is 32.9 Å². The van der Waals surface area contributed by atoms with Crippen LogP contribution in [-0.2, 0) is 24.3 Å². The monoisotopic (exact) mass is 541 g/mol. The summed E-state index contributed by atoms with van der Waals surface area (Å²) in [5, 5.41) is 20.3. The molecule has 0 atom stereocenters. The van der Waals surface area contributed by atoms with Gasteiger partial charge in [-0.3, -0.25) is 0 Å². The minimum atomic E-state index is -1.01. The van der Waals surface area contributed by atoms with Gasteiger partial charge < -0.3 is 24.3 Å². The number of carboxylic acids is 1. The standard InChI is InChI=1S/C31H28FN3O5/c1-19-6-7-23(24(32)14-19)18-40-30-5-3-4-25(34-30)20-8-9-21(28(36)16-20)17-29-33-26-11-10-22(31(37)38)15-27(26)35(29)12-13-39-2/h3-11,14-16,36H,12-13,17-18H2,1-2H3,(H,37,38). The number of ether oxygens (including phenoxy) is 2. The summed E-state index contributed by atoms with van der Waals surface area (Å²) in [5.74, 6) is -0.247. The van der Waals surface area contributed by atoms with Crippen LogP contribution >= 0.6 is 0 Å². The number of pyridine rings is 1. The molecule has 0 radical (unpaired) electrons. The molecule has 0 aliphatic carbocycles. The molecule has 40 heavy (non-hydrogen) atoms. The number of rotatable bonds is 10. The summed E-state index contributed by atoms with van der Waals surface area (Å²) in [6.07, 6.45) is 0.325. The Hall–Kier alpha value is -4.76. The average Bonchev–Trinajstić information content (AvgIpc) is 3.28. The molecular formula is C31H28FN3O5. The first-order valence-electron chi connectivity index (χ1n) is 12.7. The largest absolute Gasteiger partial charge is 0.508 e. The second-order valence-corrected chi connectivity index (χ2v) is 9.45. The minimum Gasteiger partial charge on any atom is -0.508 e. The van der Waals surface area contributed by atoms with Crippen LogP contribution in [-0.4, -0.2) is 44.4 Å². The summed E-state index contributed by atoms with van der Waals surface area (Å²) < 4.78 is 27.1. The summed E-state index contributed by atoms with van der Waals surface area (Å²) in [7, 11) is 1.60. The number of phenols is 1. The van der Waals surface area contributed by atoms with Gasteiger partial charge in [0.2, 0.25) is 5.88 Å². The summed E-state index contributed by atoms with van der Waals surface area (Å²) in [5.41, 5.74) is 4.74. The van der Waals surface area contributed by atoms with Crippen LogP contribution in [0.2, 0.25) is 0 Å². The highest BCUT2D eigenvalue weighted by Crippen LogP contribution is 2.29. The van der Waals surface area contributed by atoms with Gasteiger partial charge in [-0.05, 0) is 48.9 Å². The molecule has 0 unspecified atom stereocenters. The predicted molar refractivity (Wildman–Crippen MR) is 148 cm³/mol. The Labute approximate surface area is 230 Å². The maximum Gasteiger partial charge on any atom is 0.335 e. The van der Waals surface area contributed by atoms with E-state index in [4.69, 9.17) is 14.5 Å². The maximum atomic E-state index is 14.2. The Bertz CT molecular complexity index is 1700. The van der Waals surface area contributed by atoms with Gasteiger partial charge in [0, 0.05) is 42.8 Å². The first-order valence-corrected chi connectivity index (χ1v) is 12.7. The molecule has 3 aromatic carbocycles. The Morgan fingerprint density at radius 3 is 2.58 bits per heavy atom. The number of aromatic carboxylic acids is 1. The molecule has 5 aromatic rings. The fourth-order valence-corrected chi connectivity index (χ4v) is 4.49. The van der Waals surface area contributed by atoms with Crippen molar-refractivity contribution in [2.24, 2.45) is 0 Å². The van der Waals surface area contributed by atoms with Crippen LogP contribution < -0.4 is 4.74 Å². The van der Waals surface area contributed by atoms with Crippen molar-refractivity contribution in [3.05, 3.63) is 107 Å². The molecule has 0 saturated carbocycles. The zero-order valence-electron chi connectivity index (χ0n) is 22.1. The number of hydrogen-bond donors (Lipinski definition) is 2. The van der Waals surface area contributed by atoms with E-state index in [1.54, 1.807) is 49.6 Å². The van der Waals surface area contributed by atoms with Crippen LogP contribution in [0.15, 0.2) is 72.8 Å². The van der Waals surface area contributed by atoms with Crippen molar-refractivity contribution in [2.75, 3.05) is 13.7 Å². The van der Waals surface area contributed by atoms with E-state index in [0.29, 0.717) is 64.7 Å². The van der Waals surface area contributed by atoms with Gasteiger partial charge in [0.15, 0.2) is 0 Å². The van der Waals surface area contributed by atoms with Gasteiger partial charge >= 0.3 is 5.97 Å². The minimum absolute atomic E-state index is 0.0464. The van der Waals surface area contributed by atoms with Gasteiger partial charge in [-0.25, -0.2) is 19.2 Å². The third-order valence-electron chi connectivity index (χ3n) is 6.63. The van der Waals surface area contributed by atoms with Crippen molar-refractivity contribution >= 4 is 17.0 Å².